The minimum absolute atomic E-state index is 0.0324. The lowest BCUT2D eigenvalue weighted by Crippen LogP contribution is -2.60. The van der Waals surface area contributed by atoms with Crippen LogP contribution in [0.25, 0.3) is 101 Å². The van der Waals surface area contributed by atoms with E-state index in [1.807, 2.05) is 22.7 Å². The van der Waals surface area contributed by atoms with E-state index in [4.69, 9.17) is 4.42 Å². The maximum Gasteiger partial charge on any atom is 0.333 e. The summed E-state index contributed by atoms with van der Waals surface area (Å²) >= 11 is 3.87. The van der Waals surface area contributed by atoms with E-state index < -0.39 is 0 Å². The van der Waals surface area contributed by atoms with Gasteiger partial charge in [-0.15, -0.1) is 22.7 Å². The van der Waals surface area contributed by atoms with E-state index in [2.05, 4.69) is 191 Å². The van der Waals surface area contributed by atoms with Gasteiger partial charge in [0.2, 0.25) is 0 Å². The summed E-state index contributed by atoms with van der Waals surface area (Å²) in [6.07, 6.45) is 2.41. The van der Waals surface area contributed by atoms with Gasteiger partial charge in [0, 0.05) is 84.5 Å². The molecule has 6 heterocycles. The zero-order valence-corrected chi connectivity index (χ0v) is 39.9. The molecule has 6 heteroatoms. The van der Waals surface area contributed by atoms with Crippen molar-refractivity contribution in [3.63, 3.8) is 0 Å². The van der Waals surface area contributed by atoms with Gasteiger partial charge in [-0.25, -0.2) is 0 Å². The summed E-state index contributed by atoms with van der Waals surface area (Å²) in [6, 6.07) is 51.9. The second kappa shape index (κ2) is 12.4. The lowest BCUT2D eigenvalue weighted by molar-refractivity contribution is 0.332. The number of nitrogens with zero attached hydrogens (tertiary/aromatic N) is 2. The second-order valence-corrected chi connectivity index (χ2v) is 24.1. The van der Waals surface area contributed by atoms with Crippen LogP contribution >= 0.6 is 22.7 Å². The average Bonchev–Trinajstić information content (AvgIpc) is 4.05. The van der Waals surface area contributed by atoms with Crippen molar-refractivity contribution in [1.29, 1.82) is 0 Å². The molecule has 0 bridgehead atoms. The van der Waals surface area contributed by atoms with Crippen LogP contribution in [-0.4, -0.2) is 11.4 Å². The predicted molar refractivity (Wildman–Crippen MR) is 287 cm³/mol. The third kappa shape index (κ3) is 4.84. The molecule has 0 unspecified atom stereocenters. The SMILES string of the molecule is CC(C)(C)c1ccc(N2B3c4cc5oc6ccccc6c5cc4-n4c5cc6c(cc5c5ccc(c3c54)-c3cc4sc5cc7c(cc5c4cc32)C(C)(C)CCC7(C)C)sc2ccccc26)cc1. The molecular weight excluding hydrogens is 840 g/mol. The fraction of sp³-hybridized carbons (Fsp3) is 0.200. The Labute approximate surface area is 392 Å². The highest BCUT2D eigenvalue weighted by Crippen LogP contribution is 2.53. The number of aromatic nitrogens is 1. The largest absolute Gasteiger partial charge is 0.456 e. The van der Waals surface area contributed by atoms with Crippen molar-refractivity contribution in [2.45, 2.75) is 77.6 Å². The van der Waals surface area contributed by atoms with Crippen LogP contribution in [0.15, 0.2) is 138 Å². The summed E-state index contributed by atoms with van der Waals surface area (Å²) in [5.74, 6) is 0. The van der Waals surface area contributed by atoms with E-state index in [-0.39, 0.29) is 23.1 Å². The van der Waals surface area contributed by atoms with Gasteiger partial charge in [0.1, 0.15) is 11.2 Å². The number of rotatable bonds is 1. The minimum atomic E-state index is -0.113. The van der Waals surface area contributed by atoms with Crippen molar-refractivity contribution in [1.82, 2.24) is 4.57 Å². The van der Waals surface area contributed by atoms with Crippen molar-refractivity contribution in [2.75, 3.05) is 4.81 Å². The number of thiophene rings is 2. The van der Waals surface area contributed by atoms with E-state index in [9.17, 15) is 0 Å². The summed E-state index contributed by atoms with van der Waals surface area (Å²) < 4.78 is 14.8. The summed E-state index contributed by atoms with van der Waals surface area (Å²) in [5.41, 5.74) is 18.0. The highest BCUT2D eigenvalue weighted by atomic mass is 32.1. The maximum absolute atomic E-state index is 6.80. The molecule has 3 nitrogen and oxygen atoms in total. The molecule has 0 saturated heterocycles. The number of para-hydroxylation sites is 1. The molecule has 2 aliphatic heterocycles. The van der Waals surface area contributed by atoms with Crippen molar-refractivity contribution in [3.8, 4) is 16.8 Å². The Bertz CT molecular complexity index is 4170. The smallest absolute Gasteiger partial charge is 0.333 e. The predicted octanol–water partition coefficient (Wildman–Crippen LogP) is 16.3. The van der Waals surface area contributed by atoms with Gasteiger partial charge in [-0.2, -0.15) is 0 Å². The number of fused-ring (bicyclic) bond motifs is 18. The van der Waals surface area contributed by atoms with Crippen molar-refractivity contribution < 1.29 is 4.42 Å². The number of anilines is 2. The third-order valence-electron chi connectivity index (χ3n) is 16.2. The summed E-state index contributed by atoms with van der Waals surface area (Å²) in [4.78, 5) is 2.69. The molecule has 66 heavy (non-hydrogen) atoms. The number of hydrogen-bond acceptors (Lipinski definition) is 4. The van der Waals surface area contributed by atoms with E-state index >= 15 is 0 Å². The second-order valence-electron chi connectivity index (χ2n) is 21.9. The van der Waals surface area contributed by atoms with E-state index in [1.54, 1.807) is 0 Å². The first-order chi connectivity index (χ1) is 31.8. The number of hydrogen-bond donors (Lipinski definition) is 0. The molecule has 12 aromatic rings. The monoisotopic (exact) mass is 886 g/mol. The molecular formula is C60H47BN2OS2. The average molecular weight is 887 g/mol. The highest BCUT2D eigenvalue weighted by Gasteiger charge is 2.45. The maximum atomic E-state index is 6.80. The van der Waals surface area contributed by atoms with Gasteiger partial charge in [-0.1, -0.05) is 109 Å². The highest BCUT2D eigenvalue weighted by molar-refractivity contribution is 7.26. The minimum Gasteiger partial charge on any atom is -0.456 e. The lowest BCUT2D eigenvalue weighted by Gasteiger charge is -2.42. The van der Waals surface area contributed by atoms with Crippen molar-refractivity contribution >= 4 is 136 Å². The molecule has 0 radical (unpaired) electrons. The van der Waals surface area contributed by atoms with Crippen LogP contribution < -0.4 is 15.7 Å². The Morgan fingerprint density at radius 2 is 1.20 bits per heavy atom. The Balaban J connectivity index is 1.10. The fourth-order valence-corrected chi connectivity index (χ4v) is 14.8. The van der Waals surface area contributed by atoms with Gasteiger partial charge in [0.15, 0.2) is 0 Å². The lowest BCUT2D eigenvalue weighted by atomic mass is 9.44. The molecule has 15 rings (SSSR count). The van der Waals surface area contributed by atoms with E-state index in [0.717, 1.165) is 21.9 Å². The Morgan fingerprint density at radius 3 is 2.00 bits per heavy atom. The summed E-state index contributed by atoms with van der Waals surface area (Å²) in [5, 5.41) is 10.3. The normalized spacial score (nSPS) is 16.2. The summed E-state index contributed by atoms with van der Waals surface area (Å²) in [6.45, 7) is 16.6. The molecule has 318 valence electrons. The quantitative estimate of drug-likeness (QED) is 0.153. The van der Waals surface area contributed by atoms with Crippen LogP contribution in [0.3, 0.4) is 0 Å². The first-order valence-corrected chi connectivity index (χ1v) is 25.3. The third-order valence-corrected chi connectivity index (χ3v) is 18.4. The van der Waals surface area contributed by atoms with Gasteiger partial charge in [0.05, 0.1) is 11.0 Å². The van der Waals surface area contributed by atoms with Crippen LogP contribution in [0.4, 0.5) is 11.4 Å². The van der Waals surface area contributed by atoms with Crippen LogP contribution in [0.2, 0.25) is 0 Å². The molecule has 4 aromatic heterocycles. The van der Waals surface area contributed by atoms with Crippen LogP contribution in [-0.2, 0) is 16.2 Å². The van der Waals surface area contributed by atoms with Gasteiger partial charge in [-0.05, 0) is 135 Å². The molecule has 8 aromatic carbocycles. The standard InChI is InChI=1S/C60H47BN2OS2/c1-58(2,3)32-16-18-33(19-17-32)63-48-27-43-41-24-44-45(60(6,7)23-22-59(44,4)5)30-55(41)66-54(43)28-38(48)36-20-21-37-39-29-53-42(35-13-9-11-15-52(35)65-53)26-47(39)62-49-25-40-34-12-8-10-14-50(34)64-51(40)31-46(49)61(63)56(36)57(37)62/h8-21,24-31H,22-23H2,1-7H3. The van der Waals surface area contributed by atoms with Crippen molar-refractivity contribution in [3.05, 3.63) is 150 Å². The number of furan rings is 1. The topological polar surface area (TPSA) is 21.3 Å². The molecule has 0 atom stereocenters. The van der Waals surface area contributed by atoms with Crippen LogP contribution in [0, 0.1) is 0 Å². The Hall–Kier alpha value is -6.34. The molecule has 0 saturated carbocycles. The van der Waals surface area contributed by atoms with Gasteiger partial charge in [0.25, 0.3) is 0 Å². The summed E-state index contributed by atoms with van der Waals surface area (Å²) in [7, 11) is 0. The first-order valence-electron chi connectivity index (χ1n) is 23.6. The number of benzene rings is 8. The van der Waals surface area contributed by atoms with Crippen LogP contribution in [0.1, 0.15) is 78.0 Å². The zero-order chi connectivity index (χ0) is 44.3. The van der Waals surface area contributed by atoms with Crippen LogP contribution in [0.5, 0.6) is 0 Å². The molecule has 0 N–H and O–H groups in total. The van der Waals surface area contributed by atoms with E-state index in [1.165, 1.54) is 131 Å². The molecule has 3 aliphatic rings. The Morgan fingerprint density at radius 1 is 0.530 bits per heavy atom. The molecule has 1 aliphatic carbocycles. The van der Waals surface area contributed by atoms with Crippen molar-refractivity contribution in [2.24, 2.45) is 0 Å². The Kier molecular flexibility index (Phi) is 7.08. The first kappa shape index (κ1) is 37.8. The molecule has 0 spiro atoms. The van der Waals surface area contributed by atoms with E-state index in [0.29, 0.717) is 0 Å². The van der Waals surface area contributed by atoms with Gasteiger partial charge < -0.3 is 13.8 Å². The van der Waals surface area contributed by atoms with Gasteiger partial charge in [-0.3, -0.25) is 0 Å². The fourth-order valence-electron chi connectivity index (χ4n) is 12.6. The molecule has 0 amide bonds. The zero-order valence-electron chi connectivity index (χ0n) is 38.3. The molecule has 0 fully saturated rings. The van der Waals surface area contributed by atoms with Gasteiger partial charge >= 0.3 is 6.85 Å².